The molecule has 3 rings (SSSR count). The van der Waals surface area contributed by atoms with E-state index in [0.29, 0.717) is 12.5 Å². The van der Waals surface area contributed by atoms with Gasteiger partial charge in [0, 0.05) is 58.3 Å². The minimum absolute atomic E-state index is 0.660. The zero-order valence-electron chi connectivity index (χ0n) is 16.6. The van der Waals surface area contributed by atoms with Crippen LogP contribution in [0.25, 0.3) is 5.69 Å². The fraction of sp³-hybridized carbons (Fsp3) is 0.524. The molecule has 0 bridgehead atoms. The minimum Gasteiger partial charge on any atom is -0.381 e. The first-order chi connectivity index (χ1) is 13.8. The second-order valence-electron chi connectivity index (χ2n) is 6.97. The summed E-state index contributed by atoms with van der Waals surface area (Å²) in [5.74, 6) is 1.45. The number of hydrogen-bond acceptors (Lipinski definition) is 4. The average Bonchev–Trinajstić information content (AvgIpc) is 3.23. The third kappa shape index (κ3) is 6.65. The lowest BCUT2D eigenvalue weighted by molar-refractivity contribution is 0.0203. The summed E-state index contributed by atoms with van der Waals surface area (Å²) < 4.78 is 13.0. The molecule has 7 nitrogen and oxygen atoms in total. The summed E-state index contributed by atoms with van der Waals surface area (Å²) in [6.45, 7) is 4.88. The van der Waals surface area contributed by atoms with Crippen LogP contribution in [-0.4, -0.2) is 55.8 Å². The van der Waals surface area contributed by atoms with E-state index in [1.165, 1.54) is 0 Å². The van der Waals surface area contributed by atoms with E-state index < -0.39 is 0 Å². The van der Waals surface area contributed by atoms with Crippen LogP contribution in [0.3, 0.4) is 0 Å². The highest BCUT2D eigenvalue weighted by Gasteiger charge is 2.13. The molecule has 1 saturated heterocycles. The van der Waals surface area contributed by atoms with Gasteiger partial charge in [-0.05, 0) is 37.3 Å². The van der Waals surface area contributed by atoms with Crippen molar-refractivity contribution in [2.24, 2.45) is 10.9 Å². The molecule has 0 atom stereocenters. The number of guanidine groups is 1. The molecule has 152 valence electrons. The van der Waals surface area contributed by atoms with Gasteiger partial charge in [0.15, 0.2) is 5.96 Å². The zero-order chi connectivity index (χ0) is 19.4. The molecular formula is C21H31N5O2. The van der Waals surface area contributed by atoms with Crippen molar-refractivity contribution < 1.29 is 9.47 Å². The van der Waals surface area contributed by atoms with Crippen LogP contribution in [0.4, 0.5) is 0 Å². The molecule has 0 aliphatic carbocycles. The van der Waals surface area contributed by atoms with E-state index >= 15 is 0 Å². The predicted octanol–water partition coefficient (Wildman–Crippen LogP) is 2.37. The first kappa shape index (κ1) is 20.4. The molecule has 0 spiro atoms. The maximum atomic E-state index is 5.80. The maximum absolute atomic E-state index is 5.80. The Morgan fingerprint density at radius 3 is 2.86 bits per heavy atom. The van der Waals surface area contributed by atoms with Gasteiger partial charge in [0.1, 0.15) is 0 Å². The fourth-order valence-electron chi connectivity index (χ4n) is 3.12. The topological polar surface area (TPSA) is 72.7 Å². The van der Waals surface area contributed by atoms with Gasteiger partial charge in [0.05, 0.1) is 11.9 Å². The van der Waals surface area contributed by atoms with Gasteiger partial charge in [-0.15, -0.1) is 0 Å². The van der Waals surface area contributed by atoms with Crippen LogP contribution in [0.5, 0.6) is 0 Å². The maximum Gasteiger partial charge on any atom is 0.191 e. The lowest BCUT2D eigenvalue weighted by atomic mass is 10.0. The molecule has 1 fully saturated rings. The highest BCUT2D eigenvalue weighted by Crippen LogP contribution is 2.14. The Labute approximate surface area is 167 Å². The Hall–Kier alpha value is -2.38. The van der Waals surface area contributed by atoms with Crippen LogP contribution in [-0.2, 0) is 16.0 Å². The van der Waals surface area contributed by atoms with Gasteiger partial charge in [0.25, 0.3) is 0 Å². The number of nitrogens with zero attached hydrogens (tertiary/aromatic N) is 3. The number of hydrogen-bond donors (Lipinski definition) is 2. The van der Waals surface area contributed by atoms with Crippen molar-refractivity contribution in [1.82, 2.24) is 20.4 Å². The van der Waals surface area contributed by atoms with E-state index in [9.17, 15) is 0 Å². The first-order valence-corrected chi connectivity index (χ1v) is 10.0. The Kier molecular flexibility index (Phi) is 8.33. The van der Waals surface area contributed by atoms with Gasteiger partial charge < -0.3 is 20.1 Å². The van der Waals surface area contributed by atoms with Gasteiger partial charge in [0.2, 0.25) is 0 Å². The van der Waals surface area contributed by atoms with Crippen molar-refractivity contribution in [2.75, 3.05) is 40.0 Å². The van der Waals surface area contributed by atoms with E-state index in [2.05, 4.69) is 20.7 Å². The van der Waals surface area contributed by atoms with E-state index in [-0.39, 0.29) is 0 Å². The van der Waals surface area contributed by atoms with Crippen molar-refractivity contribution in [3.8, 4) is 5.69 Å². The number of benzene rings is 1. The van der Waals surface area contributed by atoms with Gasteiger partial charge >= 0.3 is 0 Å². The number of nitrogens with one attached hydrogen (secondary N) is 2. The minimum atomic E-state index is 0.660. The summed E-state index contributed by atoms with van der Waals surface area (Å²) >= 11 is 0. The molecule has 0 saturated carbocycles. The molecule has 2 N–H and O–H groups in total. The third-order valence-corrected chi connectivity index (χ3v) is 4.79. The number of para-hydroxylation sites is 1. The van der Waals surface area contributed by atoms with E-state index in [1.807, 2.05) is 47.4 Å². The number of ether oxygens (including phenoxy) is 2. The lowest BCUT2D eigenvalue weighted by Crippen LogP contribution is -2.37. The molecule has 28 heavy (non-hydrogen) atoms. The number of rotatable bonds is 9. The highest BCUT2D eigenvalue weighted by molar-refractivity contribution is 5.79. The van der Waals surface area contributed by atoms with Crippen LogP contribution in [0, 0.1) is 5.92 Å². The zero-order valence-corrected chi connectivity index (χ0v) is 16.6. The fourth-order valence-corrected chi connectivity index (χ4v) is 3.12. The van der Waals surface area contributed by atoms with Crippen LogP contribution in [0.2, 0.25) is 0 Å². The van der Waals surface area contributed by atoms with E-state index in [4.69, 9.17) is 9.47 Å². The molecule has 2 heterocycles. The molecule has 0 amide bonds. The van der Waals surface area contributed by atoms with Crippen molar-refractivity contribution in [3.63, 3.8) is 0 Å². The summed E-state index contributed by atoms with van der Waals surface area (Å²) in [6.07, 6.45) is 7.10. The summed E-state index contributed by atoms with van der Waals surface area (Å²) in [5, 5.41) is 11.1. The molecule has 7 heteroatoms. The molecule has 1 aromatic carbocycles. The molecular weight excluding hydrogens is 354 g/mol. The molecule has 0 unspecified atom stereocenters. The van der Waals surface area contributed by atoms with Crippen LogP contribution < -0.4 is 10.6 Å². The Balaban J connectivity index is 1.30. The van der Waals surface area contributed by atoms with Crippen molar-refractivity contribution in [1.29, 1.82) is 0 Å². The standard InChI is InChI=1S/C21H31N5O2/c1-22-21(23-10-5-11-28-17-18-8-12-27-13-9-18)24-14-19-15-25-26(16-19)20-6-3-2-4-7-20/h2-4,6-7,15-16,18H,5,8-14,17H2,1H3,(H2,22,23,24). The van der Waals surface area contributed by atoms with Crippen molar-refractivity contribution >= 4 is 5.96 Å². The van der Waals surface area contributed by atoms with Crippen molar-refractivity contribution in [2.45, 2.75) is 25.8 Å². The first-order valence-electron chi connectivity index (χ1n) is 10.0. The molecule has 2 aromatic rings. The van der Waals surface area contributed by atoms with Gasteiger partial charge in [-0.1, -0.05) is 18.2 Å². The van der Waals surface area contributed by atoms with Crippen LogP contribution in [0.15, 0.2) is 47.7 Å². The van der Waals surface area contributed by atoms with E-state index in [0.717, 1.165) is 69.4 Å². The summed E-state index contributed by atoms with van der Waals surface area (Å²) in [5.41, 5.74) is 2.16. The Bertz CT molecular complexity index is 711. The van der Waals surface area contributed by atoms with Crippen LogP contribution >= 0.6 is 0 Å². The quantitative estimate of drug-likeness (QED) is 0.394. The van der Waals surface area contributed by atoms with Crippen LogP contribution in [0.1, 0.15) is 24.8 Å². The monoisotopic (exact) mass is 385 g/mol. The average molecular weight is 386 g/mol. The summed E-state index contributed by atoms with van der Waals surface area (Å²) in [4.78, 5) is 4.27. The van der Waals surface area contributed by atoms with E-state index in [1.54, 1.807) is 7.05 Å². The highest BCUT2D eigenvalue weighted by atomic mass is 16.5. The second-order valence-corrected chi connectivity index (χ2v) is 6.97. The Morgan fingerprint density at radius 1 is 1.25 bits per heavy atom. The smallest absolute Gasteiger partial charge is 0.191 e. The Morgan fingerprint density at radius 2 is 2.07 bits per heavy atom. The number of aromatic nitrogens is 2. The largest absolute Gasteiger partial charge is 0.381 e. The van der Waals surface area contributed by atoms with Gasteiger partial charge in [-0.3, -0.25) is 4.99 Å². The summed E-state index contributed by atoms with van der Waals surface area (Å²) in [6, 6.07) is 10.1. The lowest BCUT2D eigenvalue weighted by Gasteiger charge is -2.21. The third-order valence-electron chi connectivity index (χ3n) is 4.79. The molecule has 1 aliphatic rings. The van der Waals surface area contributed by atoms with Crippen molar-refractivity contribution in [3.05, 3.63) is 48.3 Å². The summed E-state index contributed by atoms with van der Waals surface area (Å²) in [7, 11) is 1.78. The van der Waals surface area contributed by atoms with Gasteiger partial charge in [-0.25, -0.2) is 4.68 Å². The molecule has 1 aliphatic heterocycles. The normalized spacial score (nSPS) is 15.5. The molecule has 1 aromatic heterocycles. The predicted molar refractivity (Wildman–Crippen MR) is 111 cm³/mol. The molecule has 0 radical (unpaired) electrons. The van der Waals surface area contributed by atoms with Gasteiger partial charge in [-0.2, -0.15) is 5.10 Å². The SMILES string of the molecule is CN=C(NCCCOCC1CCOCC1)NCc1cnn(-c2ccccc2)c1. The number of aliphatic imine (C=N–C) groups is 1. The second kappa shape index (κ2) is 11.5.